The van der Waals surface area contributed by atoms with Crippen molar-refractivity contribution >= 4 is 60.1 Å². The highest BCUT2D eigenvalue weighted by molar-refractivity contribution is 6.20. The number of benzene rings is 7. The van der Waals surface area contributed by atoms with Crippen LogP contribution >= 0.6 is 0 Å². The van der Waals surface area contributed by atoms with Gasteiger partial charge in [0.2, 0.25) is 0 Å². The molecular formula is C41H24N4. The van der Waals surface area contributed by atoms with Crippen molar-refractivity contribution in [2.24, 2.45) is 0 Å². The number of hydrogen-bond donors (Lipinski definition) is 0. The molecule has 0 spiro atoms. The fourth-order valence-corrected chi connectivity index (χ4v) is 6.60. The second-order valence-electron chi connectivity index (χ2n) is 11.3. The summed E-state index contributed by atoms with van der Waals surface area (Å²) in [7, 11) is 0. The quantitative estimate of drug-likeness (QED) is 0.197. The van der Waals surface area contributed by atoms with Gasteiger partial charge in [-0.05, 0) is 58.1 Å². The van der Waals surface area contributed by atoms with Crippen LogP contribution in [0.3, 0.4) is 0 Å². The van der Waals surface area contributed by atoms with Crippen LogP contribution in [-0.2, 0) is 0 Å². The molecule has 7 aromatic carbocycles. The molecule has 0 unspecified atom stereocenters. The van der Waals surface area contributed by atoms with Gasteiger partial charge < -0.3 is 4.57 Å². The number of para-hydroxylation sites is 2. The van der Waals surface area contributed by atoms with E-state index in [-0.39, 0.29) is 0 Å². The van der Waals surface area contributed by atoms with Gasteiger partial charge >= 0.3 is 0 Å². The summed E-state index contributed by atoms with van der Waals surface area (Å²) >= 11 is 0. The number of fused-ring (bicyclic) bond motifs is 7. The normalized spacial score (nSPS) is 11.5. The SMILES string of the molecule is [C-]#[N+]c1ccc(-c2nc3ccccc3nc2-c2ccc(-n3c4cc5ccccc5cc4c4ccc5ccccc5c43)cc2)cc1. The third-order valence-corrected chi connectivity index (χ3v) is 8.76. The first-order chi connectivity index (χ1) is 22.2. The van der Waals surface area contributed by atoms with Crippen LogP contribution in [0.25, 0.3) is 87.4 Å². The first-order valence-electron chi connectivity index (χ1n) is 15.0. The smallest absolute Gasteiger partial charge is 0.187 e. The Labute approximate surface area is 259 Å². The Balaban J connectivity index is 1.28. The number of nitrogens with zero attached hydrogens (tertiary/aromatic N) is 4. The number of aromatic nitrogens is 3. The molecule has 0 aliphatic heterocycles. The highest BCUT2D eigenvalue weighted by Gasteiger charge is 2.18. The Morgan fingerprint density at radius 3 is 1.73 bits per heavy atom. The molecule has 208 valence electrons. The van der Waals surface area contributed by atoms with Gasteiger partial charge in [0.05, 0.1) is 40.0 Å². The van der Waals surface area contributed by atoms with Gasteiger partial charge in [0.25, 0.3) is 0 Å². The van der Waals surface area contributed by atoms with E-state index >= 15 is 0 Å². The molecule has 4 nitrogen and oxygen atoms in total. The van der Waals surface area contributed by atoms with E-state index in [1.165, 1.54) is 43.4 Å². The summed E-state index contributed by atoms with van der Waals surface area (Å²) in [6.45, 7) is 7.36. The van der Waals surface area contributed by atoms with Crippen molar-refractivity contribution in [2.75, 3.05) is 0 Å². The average molecular weight is 573 g/mol. The summed E-state index contributed by atoms with van der Waals surface area (Å²) in [6.07, 6.45) is 0. The van der Waals surface area contributed by atoms with Gasteiger partial charge in [0, 0.05) is 27.4 Å². The lowest BCUT2D eigenvalue weighted by molar-refractivity contribution is 1.19. The predicted molar refractivity (Wildman–Crippen MR) is 186 cm³/mol. The average Bonchev–Trinajstić information content (AvgIpc) is 3.43. The summed E-state index contributed by atoms with van der Waals surface area (Å²) < 4.78 is 2.40. The Morgan fingerprint density at radius 1 is 0.489 bits per heavy atom. The third kappa shape index (κ3) is 3.99. The van der Waals surface area contributed by atoms with Gasteiger partial charge in [0.15, 0.2) is 5.69 Å². The van der Waals surface area contributed by atoms with E-state index in [0.29, 0.717) is 5.69 Å². The molecule has 4 heteroatoms. The van der Waals surface area contributed by atoms with Crippen LogP contribution in [-0.4, -0.2) is 14.5 Å². The Hall–Kier alpha value is -6.31. The van der Waals surface area contributed by atoms with Crippen molar-refractivity contribution in [1.29, 1.82) is 0 Å². The molecule has 0 N–H and O–H groups in total. The molecule has 9 rings (SSSR count). The summed E-state index contributed by atoms with van der Waals surface area (Å²) in [4.78, 5) is 13.7. The fourth-order valence-electron chi connectivity index (χ4n) is 6.60. The Kier molecular flexibility index (Phi) is 5.53. The molecule has 0 fully saturated rings. The summed E-state index contributed by atoms with van der Waals surface area (Å²) in [5.74, 6) is 0. The Morgan fingerprint density at radius 2 is 1.07 bits per heavy atom. The predicted octanol–water partition coefficient (Wildman–Crippen LogP) is 10.9. The second-order valence-corrected chi connectivity index (χ2v) is 11.3. The van der Waals surface area contributed by atoms with Crippen molar-refractivity contribution in [3.8, 4) is 28.2 Å². The summed E-state index contributed by atoms with van der Waals surface area (Å²) in [5.41, 5.74) is 9.29. The van der Waals surface area contributed by atoms with Crippen molar-refractivity contribution in [3.05, 3.63) is 157 Å². The van der Waals surface area contributed by atoms with E-state index in [2.05, 4.69) is 106 Å². The highest BCUT2D eigenvalue weighted by atomic mass is 15.0. The molecule has 45 heavy (non-hydrogen) atoms. The second kappa shape index (κ2) is 9.87. The van der Waals surface area contributed by atoms with E-state index in [9.17, 15) is 0 Å². The van der Waals surface area contributed by atoms with Crippen molar-refractivity contribution in [2.45, 2.75) is 0 Å². The van der Waals surface area contributed by atoms with Crippen LogP contribution in [0, 0.1) is 6.57 Å². The van der Waals surface area contributed by atoms with E-state index in [4.69, 9.17) is 16.5 Å². The first-order valence-corrected chi connectivity index (χ1v) is 15.0. The van der Waals surface area contributed by atoms with Gasteiger partial charge in [-0.15, -0.1) is 0 Å². The van der Waals surface area contributed by atoms with Crippen LogP contribution in [0.15, 0.2) is 146 Å². The van der Waals surface area contributed by atoms with Crippen molar-refractivity contribution in [3.63, 3.8) is 0 Å². The van der Waals surface area contributed by atoms with Gasteiger partial charge in [0.1, 0.15) is 0 Å². The third-order valence-electron chi connectivity index (χ3n) is 8.76. The molecule has 0 aliphatic rings. The molecule has 9 aromatic rings. The van der Waals surface area contributed by atoms with E-state index in [0.717, 1.165) is 39.2 Å². The van der Waals surface area contributed by atoms with Crippen LogP contribution < -0.4 is 0 Å². The van der Waals surface area contributed by atoms with Crippen LogP contribution in [0.4, 0.5) is 5.69 Å². The molecule has 0 atom stereocenters. The van der Waals surface area contributed by atoms with Gasteiger partial charge in [-0.1, -0.05) is 109 Å². The first kappa shape index (κ1) is 25.2. The van der Waals surface area contributed by atoms with Crippen molar-refractivity contribution < 1.29 is 0 Å². The van der Waals surface area contributed by atoms with E-state index in [1.807, 2.05) is 48.5 Å². The highest BCUT2D eigenvalue weighted by Crippen LogP contribution is 2.39. The van der Waals surface area contributed by atoms with Crippen molar-refractivity contribution in [1.82, 2.24) is 14.5 Å². The monoisotopic (exact) mass is 572 g/mol. The van der Waals surface area contributed by atoms with Crippen LogP contribution in [0.2, 0.25) is 0 Å². The lowest BCUT2D eigenvalue weighted by Crippen LogP contribution is -1.97. The fraction of sp³-hybridized carbons (Fsp3) is 0. The molecule has 2 heterocycles. The summed E-state index contributed by atoms with van der Waals surface area (Å²) in [6, 6.07) is 50.5. The minimum atomic E-state index is 0.602. The molecule has 0 bridgehead atoms. The van der Waals surface area contributed by atoms with E-state index in [1.54, 1.807) is 0 Å². The maximum absolute atomic E-state index is 7.36. The van der Waals surface area contributed by atoms with Gasteiger partial charge in [-0.2, -0.15) is 0 Å². The standard InChI is InChI=1S/C41H24N4/c1-42-31-19-14-27(15-20-31)39-40(44-37-13-7-6-12-36(37)43-39)28-16-21-32(22-17-28)45-38-25-30-10-3-2-9-29(30)24-35(38)34-23-18-26-8-4-5-11-33(26)41(34)45/h2-25H. The zero-order valence-corrected chi connectivity index (χ0v) is 24.1. The zero-order chi connectivity index (χ0) is 29.9. The lowest BCUT2D eigenvalue weighted by Gasteiger charge is -2.13. The minimum absolute atomic E-state index is 0.602. The largest absolute Gasteiger partial charge is 0.309 e. The Bertz CT molecular complexity index is 2640. The lowest BCUT2D eigenvalue weighted by atomic mass is 10.0. The molecule has 0 aliphatic carbocycles. The summed E-state index contributed by atoms with van der Waals surface area (Å²) in [5, 5.41) is 7.38. The molecule has 0 radical (unpaired) electrons. The van der Waals surface area contributed by atoms with Gasteiger partial charge in [-0.3, -0.25) is 0 Å². The maximum atomic E-state index is 7.36. The molecule has 0 amide bonds. The van der Waals surface area contributed by atoms with E-state index < -0.39 is 0 Å². The maximum Gasteiger partial charge on any atom is 0.187 e. The zero-order valence-electron chi connectivity index (χ0n) is 24.1. The molecule has 0 saturated heterocycles. The van der Waals surface area contributed by atoms with Crippen LogP contribution in [0.5, 0.6) is 0 Å². The van der Waals surface area contributed by atoms with Crippen LogP contribution in [0.1, 0.15) is 0 Å². The number of rotatable bonds is 3. The molecule has 0 saturated carbocycles. The topological polar surface area (TPSA) is 35.1 Å². The molecule has 2 aromatic heterocycles. The molecular weight excluding hydrogens is 548 g/mol. The number of hydrogen-bond acceptors (Lipinski definition) is 2. The van der Waals surface area contributed by atoms with Gasteiger partial charge in [-0.25, -0.2) is 14.8 Å². The minimum Gasteiger partial charge on any atom is -0.309 e.